The molecule has 2 rings (SSSR count). The minimum atomic E-state index is -0.479. The number of carbonyl (C=O) groups is 1. The van der Waals surface area contributed by atoms with Gasteiger partial charge in [0.15, 0.2) is 0 Å². The molecule has 6 nitrogen and oxygen atoms in total. The monoisotopic (exact) mass is 303 g/mol. The van der Waals surface area contributed by atoms with Gasteiger partial charge in [0.25, 0.3) is 0 Å². The molecular weight excluding hydrogens is 282 g/mol. The van der Waals surface area contributed by atoms with Crippen LogP contribution in [0.4, 0.5) is 4.79 Å². The Bertz CT molecular complexity index is 575. The lowest BCUT2D eigenvalue weighted by molar-refractivity contribution is 0.0284. The van der Waals surface area contributed by atoms with Crippen LogP contribution in [-0.2, 0) is 4.74 Å². The number of likely N-dealkylation sites (tertiary alicyclic amines) is 1. The number of ether oxygens (including phenoxy) is 2. The van der Waals surface area contributed by atoms with Crippen LogP contribution in [0.2, 0.25) is 0 Å². The van der Waals surface area contributed by atoms with Crippen LogP contribution in [0.1, 0.15) is 32.8 Å². The third kappa shape index (κ3) is 4.62. The minimum absolute atomic E-state index is 0.250. The molecule has 1 atom stereocenters. The summed E-state index contributed by atoms with van der Waals surface area (Å²) in [7, 11) is 0. The van der Waals surface area contributed by atoms with E-state index in [1.54, 1.807) is 23.2 Å². The topological polar surface area (TPSA) is 75.4 Å². The SMILES string of the molecule is CC(C)(C)OC(=O)N1CC[C@H](COc2cc(C#N)ccn2)C1. The van der Waals surface area contributed by atoms with Crippen molar-refractivity contribution in [2.24, 2.45) is 5.92 Å². The number of aromatic nitrogens is 1. The molecule has 0 unspecified atom stereocenters. The summed E-state index contributed by atoms with van der Waals surface area (Å²) in [4.78, 5) is 17.8. The average Bonchev–Trinajstić information content (AvgIpc) is 2.92. The Labute approximate surface area is 130 Å². The number of pyridine rings is 1. The highest BCUT2D eigenvalue weighted by Gasteiger charge is 2.30. The van der Waals surface area contributed by atoms with Crippen molar-refractivity contribution in [1.29, 1.82) is 5.26 Å². The van der Waals surface area contributed by atoms with Crippen molar-refractivity contribution in [3.8, 4) is 11.9 Å². The number of hydrogen-bond acceptors (Lipinski definition) is 5. The van der Waals surface area contributed by atoms with E-state index < -0.39 is 5.60 Å². The lowest BCUT2D eigenvalue weighted by Crippen LogP contribution is -2.35. The van der Waals surface area contributed by atoms with E-state index in [2.05, 4.69) is 4.98 Å². The molecule has 1 amide bonds. The molecule has 0 aliphatic carbocycles. The maximum absolute atomic E-state index is 12.0. The highest BCUT2D eigenvalue weighted by atomic mass is 16.6. The van der Waals surface area contributed by atoms with Crippen molar-refractivity contribution >= 4 is 6.09 Å². The molecular formula is C16H21N3O3. The average molecular weight is 303 g/mol. The Hall–Kier alpha value is -2.29. The van der Waals surface area contributed by atoms with E-state index in [4.69, 9.17) is 14.7 Å². The minimum Gasteiger partial charge on any atom is -0.477 e. The van der Waals surface area contributed by atoms with Crippen LogP contribution in [0.15, 0.2) is 18.3 Å². The summed E-state index contributed by atoms with van der Waals surface area (Å²) in [6, 6.07) is 5.29. The van der Waals surface area contributed by atoms with Crippen molar-refractivity contribution in [2.75, 3.05) is 19.7 Å². The summed E-state index contributed by atoms with van der Waals surface area (Å²) in [5.74, 6) is 0.690. The van der Waals surface area contributed by atoms with Crippen LogP contribution in [0.25, 0.3) is 0 Å². The number of hydrogen-bond donors (Lipinski definition) is 0. The fraction of sp³-hybridized carbons (Fsp3) is 0.562. The quantitative estimate of drug-likeness (QED) is 0.858. The van der Waals surface area contributed by atoms with Gasteiger partial charge in [-0.2, -0.15) is 5.26 Å². The van der Waals surface area contributed by atoms with E-state index in [0.29, 0.717) is 31.1 Å². The number of rotatable bonds is 3. The molecule has 1 aliphatic rings. The lowest BCUT2D eigenvalue weighted by atomic mass is 10.1. The van der Waals surface area contributed by atoms with Crippen molar-refractivity contribution < 1.29 is 14.3 Å². The van der Waals surface area contributed by atoms with Gasteiger partial charge in [-0.25, -0.2) is 9.78 Å². The van der Waals surface area contributed by atoms with Gasteiger partial charge >= 0.3 is 6.09 Å². The standard InChI is InChI=1S/C16H21N3O3/c1-16(2,3)22-15(20)19-7-5-13(10-19)11-21-14-8-12(9-17)4-6-18-14/h4,6,8,13H,5,7,10-11H2,1-3H3/t13-/m0/s1. The van der Waals surface area contributed by atoms with Gasteiger partial charge in [-0.1, -0.05) is 0 Å². The largest absolute Gasteiger partial charge is 0.477 e. The maximum Gasteiger partial charge on any atom is 0.410 e. The summed E-state index contributed by atoms with van der Waals surface area (Å²) in [6.45, 7) is 7.34. The second-order valence-corrected chi connectivity index (χ2v) is 6.39. The fourth-order valence-electron chi connectivity index (χ4n) is 2.22. The molecule has 0 bridgehead atoms. The zero-order chi connectivity index (χ0) is 16.2. The Morgan fingerprint density at radius 2 is 2.32 bits per heavy atom. The fourth-order valence-corrected chi connectivity index (χ4v) is 2.22. The number of nitrogens with zero attached hydrogens (tertiary/aromatic N) is 3. The van der Waals surface area contributed by atoms with Crippen molar-refractivity contribution in [3.05, 3.63) is 23.9 Å². The van der Waals surface area contributed by atoms with Gasteiger partial charge in [0.1, 0.15) is 5.60 Å². The molecule has 1 saturated heterocycles. The number of carbonyl (C=O) groups excluding carboxylic acids is 1. The number of nitriles is 1. The van der Waals surface area contributed by atoms with Crippen molar-refractivity contribution in [3.63, 3.8) is 0 Å². The van der Waals surface area contributed by atoms with E-state index in [0.717, 1.165) is 6.42 Å². The predicted molar refractivity (Wildman–Crippen MR) is 80.4 cm³/mol. The van der Waals surface area contributed by atoms with Gasteiger partial charge in [0.2, 0.25) is 5.88 Å². The van der Waals surface area contributed by atoms with Gasteiger partial charge in [-0.3, -0.25) is 0 Å². The first-order valence-corrected chi connectivity index (χ1v) is 7.34. The van der Waals surface area contributed by atoms with E-state index in [-0.39, 0.29) is 12.0 Å². The smallest absolute Gasteiger partial charge is 0.410 e. The third-order valence-corrected chi connectivity index (χ3v) is 3.27. The summed E-state index contributed by atoms with van der Waals surface area (Å²) >= 11 is 0. The predicted octanol–water partition coefficient (Wildman–Crippen LogP) is 2.59. The second kappa shape index (κ2) is 6.65. The van der Waals surface area contributed by atoms with Crippen LogP contribution < -0.4 is 4.74 Å². The summed E-state index contributed by atoms with van der Waals surface area (Å²) in [5.41, 5.74) is 0.0413. The van der Waals surface area contributed by atoms with Gasteiger partial charge in [-0.15, -0.1) is 0 Å². The third-order valence-electron chi connectivity index (χ3n) is 3.27. The molecule has 0 saturated carbocycles. The summed E-state index contributed by atoms with van der Waals surface area (Å²) in [6.07, 6.45) is 2.15. The molecule has 6 heteroatoms. The first kappa shape index (κ1) is 16.1. The zero-order valence-electron chi connectivity index (χ0n) is 13.2. The van der Waals surface area contributed by atoms with Crippen LogP contribution in [-0.4, -0.2) is 41.3 Å². The Balaban J connectivity index is 1.81. The van der Waals surface area contributed by atoms with Gasteiger partial charge in [-0.05, 0) is 33.3 Å². The van der Waals surface area contributed by atoms with Crippen LogP contribution in [0, 0.1) is 17.2 Å². The zero-order valence-corrected chi connectivity index (χ0v) is 13.2. The van der Waals surface area contributed by atoms with Crippen LogP contribution >= 0.6 is 0 Å². The highest BCUT2D eigenvalue weighted by Crippen LogP contribution is 2.20. The molecule has 0 N–H and O–H groups in total. The van der Waals surface area contributed by atoms with E-state index in [9.17, 15) is 4.79 Å². The van der Waals surface area contributed by atoms with Crippen LogP contribution in [0.3, 0.4) is 0 Å². The Kier molecular flexibility index (Phi) is 4.86. The highest BCUT2D eigenvalue weighted by molar-refractivity contribution is 5.68. The summed E-state index contributed by atoms with van der Waals surface area (Å²) < 4.78 is 11.0. The van der Waals surface area contributed by atoms with Gasteiger partial charge in [0.05, 0.1) is 18.2 Å². The molecule has 2 heterocycles. The summed E-state index contributed by atoms with van der Waals surface area (Å²) in [5, 5.41) is 8.84. The molecule has 22 heavy (non-hydrogen) atoms. The van der Waals surface area contributed by atoms with E-state index in [1.165, 1.54) is 0 Å². The molecule has 0 aromatic carbocycles. The van der Waals surface area contributed by atoms with E-state index in [1.807, 2.05) is 26.8 Å². The maximum atomic E-state index is 12.0. The van der Waals surface area contributed by atoms with Gasteiger partial charge in [0, 0.05) is 31.3 Å². The first-order valence-electron chi connectivity index (χ1n) is 7.34. The molecule has 1 aromatic heterocycles. The molecule has 0 radical (unpaired) electrons. The normalized spacial score (nSPS) is 17.9. The molecule has 0 spiro atoms. The van der Waals surface area contributed by atoms with Crippen molar-refractivity contribution in [1.82, 2.24) is 9.88 Å². The van der Waals surface area contributed by atoms with Crippen LogP contribution in [0.5, 0.6) is 5.88 Å². The molecule has 118 valence electrons. The second-order valence-electron chi connectivity index (χ2n) is 6.39. The number of amides is 1. The molecule has 1 aromatic rings. The molecule has 1 fully saturated rings. The molecule has 1 aliphatic heterocycles. The van der Waals surface area contributed by atoms with E-state index >= 15 is 0 Å². The Morgan fingerprint density at radius 1 is 1.55 bits per heavy atom. The Morgan fingerprint density at radius 3 is 3.00 bits per heavy atom. The lowest BCUT2D eigenvalue weighted by Gasteiger charge is -2.24. The first-order chi connectivity index (χ1) is 10.4. The van der Waals surface area contributed by atoms with Crippen molar-refractivity contribution in [2.45, 2.75) is 32.8 Å². The van der Waals surface area contributed by atoms with Gasteiger partial charge < -0.3 is 14.4 Å².